The monoisotopic (exact) mass is 288 g/mol. The second-order valence-electron chi connectivity index (χ2n) is 5.70. The Balaban J connectivity index is 2.08. The van der Waals surface area contributed by atoms with Gasteiger partial charge in [0.15, 0.2) is 0 Å². The number of unbranched alkanes of at least 4 members (excludes halogenated alkanes) is 1. The molecule has 0 aliphatic carbocycles. The van der Waals surface area contributed by atoms with E-state index in [9.17, 15) is 0 Å². The Hall–Kier alpha value is -1.32. The molecule has 0 fully saturated rings. The molecule has 1 aromatic heterocycles. The number of benzene rings is 1. The predicted octanol–water partition coefficient (Wildman–Crippen LogP) is 3.74. The average Bonchev–Trinajstić information content (AvgIpc) is 2.85. The van der Waals surface area contributed by atoms with Crippen LogP contribution in [0.15, 0.2) is 30.5 Å². The van der Waals surface area contributed by atoms with Crippen molar-refractivity contribution in [3.8, 4) is 0 Å². The van der Waals surface area contributed by atoms with Gasteiger partial charge < -0.3 is 15.0 Å². The van der Waals surface area contributed by atoms with Crippen LogP contribution in [0.25, 0.3) is 10.9 Å². The van der Waals surface area contributed by atoms with Gasteiger partial charge in [0.2, 0.25) is 0 Å². The van der Waals surface area contributed by atoms with Gasteiger partial charge in [0.1, 0.15) is 0 Å². The molecule has 2 N–H and O–H groups in total. The number of nitrogens with two attached hydrogens (primary N) is 1. The van der Waals surface area contributed by atoms with E-state index in [-0.39, 0.29) is 6.04 Å². The molecule has 1 atom stereocenters. The fourth-order valence-corrected chi connectivity index (χ4v) is 2.61. The lowest BCUT2D eigenvalue weighted by atomic mass is 10.0. The molecule has 0 bridgehead atoms. The molecule has 0 spiro atoms. The second-order valence-corrected chi connectivity index (χ2v) is 5.70. The molecule has 0 saturated heterocycles. The molecular weight excluding hydrogens is 260 g/mol. The van der Waals surface area contributed by atoms with E-state index in [4.69, 9.17) is 10.5 Å². The lowest BCUT2D eigenvalue weighted by molar-refractivity contribution is 0.124. The van der Waals surface area contributed by atoms with Crippen molar-refractivity contribution in [2.75, 3.05) is 13.2 Å². The summed E-state index contributed by atoms with van der Waals surface area (Å²) in [5.41, 5.74) is 8.77. The third-order valence-electron chi connectivity index (χ3n) is 4.00. The number of aromatic nitrogens is 1. The molecule has 1 aromatic carbocycles. The number of hydrogen-bond donors (Lipinski definition) is 1. The molecule has 116 valence electrons. The minimum Gasteiger partial charge on any atom is -0.380 e. The molecule has 2 aromatic rings. The third-order valence-corrected chi connectivity index (χ3v) is 4.00. The molecule has 3 nitrogen and oxygen atoms in total. The van der Waals surface area contributed by atoms with Crippen LogP contribution in [-0.4, -0.2) is 23.8 Å². The second kappa shape index (κ2) is 8.20. The van der Waals surface area contributed by atoms with Crippen molar-refractivity contribution in [1.82, 2.24) is 4.57 Å². The Bertz CT molecular complexity index is 547. The zero-order valence-electron chi connectivity index (χ0n) is 13.3. The molecular formula is C18H28N2O. The summed E-state index contributed by atoms with van der Waals surface area (Å²) in [7, 11) is 0. The van der Waals surface area contributed by atoms with E-state index in [1.807, 2.05) is 0 Å². The van der Waals surface area contributed by atoms with Crippen molar-refractivity contribution in [2.24, 2.45) is 5.73 Å². The maximum absolute atomic E-state index is 6.13. The Kier molecular flexibility index (Phi) is 6.27. The highest BCUT2D eigenvalue weighted by Gasteiger charge is 2.10. The maximum Gasteiger partial charge on any atom is 0.0645 e. The highest BCUT2D eigenvalue weighted by Crippen LogP contribution is 2.22. The minimum atomic E-state index is 0.241. The van der Waals surface area contributed by atoms with Crippen LogP contribution >= 0.6 is 0 Å². The van der Waals surface area contributed by atoms with Gasteiger partial charge in [0.05, 0.1) is 6.61 Å². The van der Waals surface area contributed by atoms with E-state index in [1.54, 1.807) is 0 Å². The summed E-state index contributed by atoms with van der Waals surface area (Å²) in [5.74, 6) is 0. The SMILES string of the molecule is CCCCOCCn1cc(CC(N)CC)c2ccccc21. The number of rotatable bonds is 9. The first-order valence-corrected chi connectivity index (χ1v) is 8.16. The maximum atomic E-state index is 6.13. The van der Waals surface area contributed by atoms with Crippen LogP contribution in [0.1, 0.15) is 38.7 Å². The van der Waals surface area contributed by atoms with Gasteiger partial charge >= 0.3 is 0 Å². The van der Waals surface area contributed by atoms with Gasteiger partial charge in [-0.25, -0.2) is 0 Å². The van der Waals surface area contributed by atoms with E-state index in [0.717, 1.165) is 39.0 Å². The van der Waals surface area contributed by atoms with E-state index >= 15 is 0 Å². The summed E-state index contributed by atoms with van der Waals surface area (Å²) in [6, 6.07) is 8.82. The van der Waals surface area contributed by atoms with Crippen LogP contribution in [0.3, 0.4) is 0 Å². The Morgan fingerprint density at radius 2 is 2.00 bits per heavy atom. The normalized spacial score (nSPS) is 12.9. The van der Waals surface area contributed by atoms with E-state index < -0.39 is 0 Å². The number of para-hydroxylation sites is 1. The number of fused-ring (bicyclic) bond motifs is 1. The molecule has 2 rings (SSSR count). The van der Waals surface area contributed by atoms with Crippen LogP contribution in [0.2, 0.25) is 0 Å². The smallest absolute Gasteiger partial charge is 0.0645 e. The van der Waals surface area contributed by atoms with Gasteiger partial charge in [-0.1, -0.05) is 38.5 Å². The van der Waals surface area contributed by atoms with Gasteiger partial charge in [-0.15, -0.1) is 0 Å². The zero-order valence-corrected chi connectivity index (χ0v) is 13.3. The first kappa shape index (κ1) is 16.1. The average molecular weight is 288 g/mol. The molecule has 0 saturated carbocycles. The predicted molar refractivity (Wildman–Crippen MR) is 89.6 cm³/mol. The minimum absolute atomic E-state index is 0.241. The third kappa shape index (κ3) is 4.32. The van der Waals surface area contributed by atoms with Crippen molar-refractivity contribution < 1.29 is 4.74 Å². The number of hydrogen-bond acceptors (Lipinski definition) is 2. The van der Waals surface area contributed by atoms with Crippen molar-refractivity contribution in [2.45, 2.75) is 52.1 Å². The number of ether oxygens (including phenoxy) is 1. The van der Waals surface area contributed by atoms with E-state index in [0.29, 0.717) is 0 Å². The van der Waals surface area contributed by atoms with Crippen molar-refractivity contribution >= 4 is 10.9 Å². The Morgan fingerprint density at radius 3 is 2.76 bits per heavy atom. The van der Waals surface area contributed by atoms with Crippen molar-refractivity contribution in [3.63, 3.8) is 0 Å². The molecule has 0 radical (unpaired) electrons. The summed E-state index contributed by atoms with van der Waals surface area (Å²) in [5, 5.41) is 1.33. The standard InChI is InChI=1S/C18H28N2O/c1-3-5-11-21-12-10-20-14-15(13-16(19)4-2)17-8-6-7-9-18(17)20/h6-9,14,16H,3-5,10-13,19H2,1-2H3. The molecule has 1 heterocycles. The summed E-state index contributed by atoms with van der Waals surface area (Å²) >= 11 is 0. The van der Waals surface area contributed by atoms with Gasteiger partial charge in [-0.2, -0.15) is 0 Å². The van der Waals surface area contributed by atoms with Crippen LogP contribution in [-0.2, 0) is 17.7 Å². The quantitative estimate of drug-likeness (QED) is 0.714. The first-order chi connectivity index (χ1) is 10.3. The topological polar surface area (TPSA) is 40.2 Å². The summed E-state index contributed by atoms with van der Waals surface area (Å²) < 4.78 is 8.00. The van der Waals surface area contributed by atoms with E-state index in [2.05, 4.69) is 48.9 Å². The summed E-state index contributed by atoms with van der Waals surface area (Å²) in [4.78, 5) is 0. The highest BCUT2D eigenvalue weighted by molar-refractivity contribution is 5.84. The van der Waals surface area contributed by atoms with Gasteiger partial charge in [0.25, 0.3) is 0 Å². The van der Waals surface area contributed by atoms with E-state index in [1.165, 1.54) is 22.9 Å². The fraction of sp³-hybridized carbons (Fsp3) is 0.556. The molecule has 0 aliphatic heterocycles. The van der Waals surface area contributed by atoms with Crippen LogP contribution < -0.4 is 5.73 Å². The lowest BCUT2D eigenvalue weighted by Crippen LogP contribution is -2.21. The van der Waals surface area contributed by atoms with Crippen molar-refractivity contribution in [1.29, 1.82) is 0 Å². The molecule has 0 amide bonds. The molecule has 1 unspecified atom stereocenters. The van der Waals surface area contributed by atoms with Gasteiger partial charge in [-0.05, 0) is 30.9 Å². The fourth-order valence-electron chi connectivity index (χ4n) is 2.61. The highest BCUT2D eigenvalue weighted by atomic mass is 16.5. The van der Waals surface area contributed by atoms with Gasteiger partial charge in [0, 0.05) is 36.3 Å². The van der Waals surface area contributed by atoms with Crippen LogP contribution in [0.4, 0.5) is 0 Å². The summed E-state index contributed by atoms with van der Waals surface area (Å²) in [6.45, 7) is 6.88. The summed E-state index contributed by atoms with van der Waals surface area (Å²) in [6.07, 6.45) is 6.54. The Labute approximate surface area is 128 Å². The van der Waals surface area contributed by atoms with Crippen molar-refractivity contribution in [3.05, 3.63) is 36.0 Å². The largest absolute Gasteiger partial charge is 0.380 e. The van der Waals surface area contributed by atoms with Gasteiger partial charge in [-0.3, -0.25) is 0 Å². The Morgan fingerprint density at radius 1 is 1.19 bits per heavy atom. The lowest BCUT2D eigenvalue weighted by Gasteiger charge is -2.07. The zero-order chi connectivity index (χ0) is 15.1. The molecule has 3 heteroatoms. The van der Waals surface area contributed by atoms with Crippen LogP contribution in [0, 0.1) is 0 Å². The van der Waals surface area contributed by atoms with Crippen LogP contribution in [0.5, 0.6) is 0 Å². The first-order valence-electron chi connectivity index (χ1n) is 8.16. The molecule has 0 aliphatic rings. The number of nitrogens with zero attached hydrogens (tertiary/aromatic N) is 1. The molecule has 21 heavy (non-hydrogen) atoms.